The van der Waals surface area contributed by atoms with Crippen LogP contribution in [0.1, 0.15) is 39.5 Å². The van der Waals surface area contributed by atoms with Crippen LogP contribution >= 0.6 is 15.9 Å². The molecule has 1 aromatic rings. The number of anilines is 1. The molecular formula is C17H25BrN4O2. The molecule has 0 aliphatic carbocycles. The SMILES string of the molecule is CCCCCC(C)C(=O)OC1NCC12CN(c1ncncc1Br)C2. The molecule has 0 radical (unpaired) electrons. The number of aromatic nitrogens is 2. The van der Waals surface area contributed by atoms with E-state index in [9.17, 15) is 4.79 Å². The zero-order valence-corrected chi connectivity index (χ0v) is 15.9. The van der Waals surface area contributed by atoms with Crippen LogP contribution in [-0.2, 0) is 9.53 Å². The predicted octanol–water partition coefficient (Wildman–Crippen LogP) is 2.73. The second kappa shape index (κ2) is 7.35. The Kier molecular flexibility index (Phi) is 5.39. The van der Waals surface area contributed by atoms with Gasteiger partial charge in [0.1, 0.15) is 12.1 Å². The van der Waals surface area contributed by atoms with Crippen molar-refractivity contribution < 1.29 is 9.53 Å². The number of carbonyl (C=O) groups is 1. The van der Waals surface area contributed by atoms with Gasteiger partial charge in [-0.3, -0.25) is 10.1 Å². The average Bonchev–Trinajstić information content (AvgIpc) is 2.52. The van der Waals surface area contributed by atoms with Gasteiger partial charge in [-0.15, -0.1) is 0 Å². The highest BCUT2D eigenvalue weighted by Crippen LogP contribution is 2.43. The number of ether oxygens (including phenoxy) is 1. The Morgan fingerprint density at radius 2 is 2.33 bits per heavy atom. The van der Waals surface area contributed by atoms with Gasteiger partial charge in [-0.1, -0.05) is 33.1 Å². The molecule has 0 amide bonds. The standard InChI is InChI=1S/C17H25BrN4O2/c1-3-4-5-6-12(2)15(23)24-16-17(8-20-16)9-22(10-17)14-13(18)7-19-11-21-14/h7,11-12,16,20H,3-6,8-10H2,1-2H3. The largest absolute Gasteiger partial charge is 0.446 e. The van der Waals surface area contributed by atoms with Gasteiger partial charge in [0, 0.05) is 25.8 Å². The molecule has 2 aliphatic rings. The maximum atomic E-state index is 12.3. The lowest BCUT2D eigenvalue weighted by atomic mass is 9.72. The second-order valence-corrected chi connectivity index (χ2v) is 7.86. The highest BCUT2D eigenvalue weighted by atomic mass is 79.9. The van der Waals surface area contributed by atoms with E-state index in [0.717, 1.165) is 42.8 Å². The van der Waals surface area contributed by atoms with Crippen molar-refractivity contribution in [2.75, 3.05) is 24.5 Å². The van der Waals surface area contributed by atoms with Crippen LogP contribution in [0.15, 0.2) is 17.0 Å². The second-order valence-electron chi connectivity index (χ2n) is 7.01. The molecule has 0 saturated carbocycles. The molecule has 24 heavy (non-hydrogen) atoms. The average molecular weight is 397 g/mol. The fourth-order valence-electron chi connectivity index (χ4n) is 3.37. The Morgan fingerprint density at radius 1 is 1.54 bits per heavy atom. The van der Waals surface area contributed by atoms with Crippen LogP contribution in [0.4, 0.5) is 5.82 Å². The molecule has 3 heterocycles. The third kappa shape index (κ3) is 3.42. The van der Waals surface area contributed by atoms with Crippen molar-refractivity contribution in [3.8, 4) is 0 Å². The lowest BCUT2D eigenvalue weighted by molar-refractivity contribution is -0.180. The summed E-state index contributed by atoms with van der Waals surface area (Å²) in [6.45, 7) is 6.71. The molecule has 6 nitrogen and oxygen atoms in total. The van der Waals surface area contributed by atoms with Crippen LogP contribution in [0.5, 0.6) is 0 Å². The maximum Gasteiger partial charge on any atom is 0.310 e. The van der Waals surface area contributed by atoms with Crippen LogP contribution < -0.4 is 10.2 Å². The van der Waals surface area contributed by atoms with Crippen molar-refractivity contribution in [3.63, 3.8) is 0 Å². The molecule has 2 atom stereocenters. The molecule has 2 aliphatic heterocycles. The normalized spacial score (nSPS) is 22.6. The van der Waals surface area contributed by atoms with Crippen molar-refractivity contribution in [2.45, 2.75) is 45.8 Å². The number of esters is 1. The van der Waals surface area contributed by atoms with E-state index < -0.39 is 0 Å². The molecule has 0 bridgehead atoms. The van der Waals surface area contributed by atoms with Gasteiger partial charge in [0.2, 0.25) is 0 Å². The molecule has 1 N–H and O–H groups in total. The number of carbonyl (C=O) groups excluding carboxylic acids is 1. The molecule has 2 fully saturated rings. The number of halogens is 1. The number of rotatable bonds is 7. The van der Waals surface area contributed by atoms with Crippen LogP contribution in [0.2, 0.25) is 0 Å². The Balaban J connectivity index is 1.49. The number of nitrogens with zero attached hydrogens (tertiary/aromatic N) is 3. The van der Waals surface area contributed by atoms with E-state index in [1.165, 1.54) is 12.8 Å². The molecule has 1 spiro atoms. The van der Waals surface area contributed by atoms with E-state index in [2.05, 4.69) is 43.0 Å². The molecule has 132 valence electrons. The van der Waals surface area contributed by atoms with Gasteiger partial charge in [0.05, 0.1) is 15.8 Å². The van der Waals surface area contributed by atoms with Crippen molar-refractivity contribution >= 4 is 27.7 Å². The fraction of sp³-hybridized carbons (Fsp3) is 0.706. The molecular weight excluding hydrogens is 372 g/mol. The minimum atomic E-state index is -0.171. The first-order valence-corrected chi connectivity index (χ1v) is 9.49. The summed E-state index contributed by atoms with van der Waals surface area (Å²) >= 11 is 3.49. The highest BCUT2D eigenvalue weighted by Gasteiger charge is 2.57. The zero-order valence-electron chi connectivity index (χ0n) is 14.3. The van der Waals surface area contributed by atoms with Gasteiger partial charge in [-0.05, 0) is 22.4 Å². The van der Waals surface area contributed by atoms with E-state index in [1.54, 1.807) is 12.5 Å². The maximum absolute atomic E-state index is 12.3. The fourth-order valence-corrected chi connectivity index (χ4v) is 3.84. The quantitative estimate of drug-likeness (QED) is 0.564. The number of hydrogen-bond donors (Lipinski definition) is 1. The monoisotopic (exact) mass is 396 g/mol. The van der Waals surface area contributed by atoms with Crippen molar-refractivity contribution in [3.05, 3.63) is 17.0 Å². The van der Waals surface area contributed by atoms with Gasteiger partial charge >= 0.3 is 5.97 Å². The predicted molar refractivity (Wildman–Crippen MR) is 95.6 cm³/mol. The van der Waals surface area contributed by atoms with Gasteiger partial charge in [-0.2, -0.15) is 0 Å². The first-order valence-electron chi connectivity index (χ1n) is 8.70. The summed E-state index contributed by atoms with van der Waals surface area (Å²) in [5.41, 5.74) is 0.0309. The minimum absolute atomic E-state index is 0.0248. The smallest absolute Gasteiger partial charge is 0.310 e. The van der Waals surface area contributed by atoms with Gasteiger partial charge in [0.15, 0.2) is 6.23 Å². The van der Waals surface area contributed by atoms with Gasteiger partial charge in [-0.25, -0.2) is 9.97 Å². The molecule has 3 rings (SSSR count). The van der Waals surface area contributed by atoms with E-state index in [-0.39, 0.29) is 23.5 Å². The Labute approximate surface area is 151 Å². The lowest BCUT2D eigenvalue weighted by Gasteiger charge is -2.60. The van der Waals surface area contributed by atoms with Gasteiger partial charge < -0.3 is 9.64 Å². The lowest BCUT2D eigenvalue weighted by Crippen LogP contribution is -2.77. The third-order valence-electron chi connectivity index (χ3n) is 5.03. The topological polar surface area (TPSA) is 67.3 Å². The van der Waals surface area contributed by atoms with Crippen molar-refractivity contribution in [1.29, 1.82) is 0 Å². The summed E-state index contributed by atoms with van der Waals surface area (Å²) in [5.74, 6) is 0.799. The highest BCUT2D eigenvalue weighted by molar-refractivity contribution is 9.10. The van der Waals surface area contributed by atoms with Crippen LogP contribution in [0, 0.1) is 11.3 Å². The third-order valence-corrected chi connectivity index (χ3v) is 5.59. The first-order chi connectivity index (χ1) is 11.6. The summed E-state index contributed by atoms with van der Waals surface area (Å²) in [7, 11) is 0. The van der Waals surface area contributed by atoms with Gasteiger partial charge in [0.25, 0.3) is 0 Å². The first kappa shape index (κ1) is 17.6. The summed E-state index contributed by atoms with van der Waals surface area (Å²) in [6.07, 6.45) is 7.48. The Hall–Kier alpha value is -1.21. The number of nitrogens with one attached hydrogen (secondary N) is 1. The number of hydrogen-bond acceptors (Lipinski definition) is 6. The Morgan fingerprint density at radius 3 is 2.96 bits per heavy atom. The van der Waals surface area contributed by atoms with Crippen LogP contribution in [0.25, 0.3) is 0 Å². The molecule has 7 heteroatoms. The van der Waals surface area contributed by atoms with E-state index in [4.69, 9.17) is 4.74 Å². The molecule has 2 saturated heterocycles. The van der Waals surface area contributed by atoms with E-state index in [0.29, 0.717) is 0 Å². The zero-order chi connectivity index (χ0) is 17.2. The van der Waals surface area contributed by atoms with Crippen LogP contribution in [-0.4, -0.2) is 41.8 Å². The molecule has 1 aromatic heterocycles. The minimum Gasteiger partial charge on any atom is -0.446 e. The summed E-state index contributed by atoms with van der Waals surface area (Å²) in [5, 5.41) is 3.26. The molecule has 0 aromatic carbocycles. The van der Waals surface area contributed by atoms with E-state index >= 15 is 0 Å². The molecule has 2 unspecified atom stereocenters. The van der Waals surface area contributed by atoms with Crippen molar-refractivity contribution in [2.24, 2.45) is 11.3 Å². The summed E-state index contributed by atoms with van der Waals surface area (Å²) in [4.78, 5) is 22.8. The Bertz CT molecular complexity index is 592. The summed E-state index contributed by atoms with van der Waals surface area (Å²) < 4.78 is 6.62. The van der Waals surface area contributed by atoms with Crippen molar-refractivity contribution in [1.82, 2.24) is 15.3 Å². The number of unbranched alkanes of at least 4 members (excludes halogenated alkanes) is 2. The summed E-state index contributed by atoms with van der Waals surface area (Å²) in [6, 6.07) is 0. The van der Waals surface area contributed by atoms with Crippen LogP contribution in [0.3, 0.4) is 0 Å². The van der Waals surface area contributed by atoms with E-state index in [1.807, 2.05) is 6.92 Å².